The maximum Gasteiger partial charge on any atom is 0.193 e. The minimum atomic E-state index is 0.0759. The number of carbonyl (C=O) groups is 1. The molecule has 1 saturated carbocycles. The number of benzene rings is 2. The van der Waals surface area contributed by atoms with E-state index in [1.807, 2.05) is 68.7 Å². The third kappa shape index (κ3) is 6.29. The minimum absolute atomic E-state index is 0.0759. The molecule has 2 nitrogen and oxygen atoms in total. The van der Waals surface area contributed by atoms with Crippen molar-refractivity contribution in [3.05, 3.63) is 71.3 Å². The fraction of sp³-hybridized carbons (Fsp3) is 0.409. The fourth-order valence-electron chi connectivity index (χ4n) is 2.94. The van der Waals surface area contributed by atoms with Gasteiger partial charge in [-0.1, -0.05) is 93.1 Å². The molecule has 2 aromatic carbocycles. The van der Waals surface area contributed by atoms with Crippen LogP contribution in [0.5, 0.6) is 0 Å². The highest BCUT2D eigenvalue weighted by Crippen LogP contribution is 2.15. The number of nitrogens with zero attached hydrogens (tertiary/aromatic N) is 1. The monoisotopic (exact) mass is 323 g/mol. The highest BCUT2D eigenvalue weighted by Gasteiger charge is 2.07. The first kappa shape index (κ1) is 18.4. The van der Waals surface area contributed by atoms with E-state index in [0.29, 0.717) is 0 Å². The Kier molecular flexibility index (Phi) is 7.70. The molecule has 0 amide bonds. The van der Waals surface area contributed by atoms with E-state index >= 15 is 0 Å². The lowest BCUT2D eigenvalue weighted by molar-refractivity contribution is 0.103. The van der Waals surface area contributed by atoms with Gasteiger partial charge in [0.2, 0.25) is 0 Å². The summed E-state index contributed by atoms with van der Waals surface area (Å²) in [6.45, 7) is 0.889. The summed E-state index contributed by atoms with van der Waals surface area (Å²) in [6.07, 6.45) is 9.00. The number of hydrogen-bond donors (Lipinski definition) is 0. The van der Waals surface area contributed by atoms with Gasteiger partial charge >= 0.3 is 0 Å². The normalized spacial score (nSPS) is 14.0. The molecule has 0 aliphatic heterocycles. The second-order valence-electron chi connectivity index (χ2n) is 6.75. The molecule has 1 aliphatic rings. The first-order valence-corrected chi connectivity index (χ1v) is 9.00. The van der Waals surface area contributed by atoms with E-state index in [0.717, 1.165) is 17.7 Å². The third-order valence-corrected chi connectivity index (χ3v) is 4.25. The van der Waals surface area contributed by atoms with Crippen molar-refractivity contribution < 1.29 is 4.79 Å². The average molecular weight is 323 g/mol. The van der Waals surface area contributed by atoms with Gasteiger partial charge in [-0.25, -0.2) is 0 Å². The molecule has 0 bridgehead atoms. The molecule has 3 rings (SSSR count). The van der Waals surface area contributed by atoms with Crippen LogP contribution in [0.1, 0.15) is 60.0 Å². The highest BCUT2D eigenvalue weighted by molar-refractivity contribution is 6.08. The minimum Gasteiger partial charge on any atom is -0.305 e. The van der Waals surface area contributed by atoms with Crippen molar-refractivity contribution in [2.45, 2.75) is 45.1 Å². The topological polar surface area (TPSA) is 20.3 Å². The second-order valence-corrected chi connectivity index (χ2v) is 6.75. The third-order valence-electron chi connectivity index (χ3n) is 4.25. The lowest BCUT2D eigenvalue weighted by Gasteiger charge is -2.09. The first-order valence-electron chi connectivity index (χ1n) is 9.00. The van der Waals surface area contributed by atoms with Gasteiger partial charge in [-0.3, -0.25) is 4.79 Å². The van der Waals surface area contributed by atoms with Crippen molar-refractivity contribution in [1.29, 1.82) is 0 Å². The smallest absolute Gasteiger partial charge is 0.193 e. The number of hydrogen-bond acceptors (Lipinski definition) is 2. The standard InChI is InChI=1S/C16H17NO.C6H12/c1-17(2)12-13-8-10-15(11-9-13)16(18)14-6-4-3-5-7-14;1-2-4-6-5-3-1/h3-11H,12H2,1-2H3;1-6H2. The largest absolute Gasteiger partial charge is 0.305 e. The van der Waals surface area contributed by atoms with Crippen molar-refractivity contribution in [1.82, 2.24) is 4.90 Å². The van der Waals surface area contributed by atoms with E-state index < -0.39 is 0 Å². The molecule has 0 unspecified atom stereocenters. The van der Waals surface area contributed by atoms with E-state index in [-0.39, 0.29) is 5.78 Å². The molecular weight excluding hydrogens is 294 g/mol. The Morgan fingerprint density at radius 2 is 1.21 bits per heavy atom. The van der Waals surface area contributed by atoms with Gasteiger partial charge in [0.05, 0.1) is 0 Å². The van der Waals surface area contributed by atoms with Crippen molar-refractivity contribution in [3.63, 3.8) is 0 Å². The summed E-state index contributed by atoms with van der Waals surface area (Å²) in [5.41, 5.74) is 2.69. The van der Waals surface area contributed by atoms with Crippen molar-refractivity contribution >= 4 is 5.78 Å². The second kappa shape index (κ2) is 10.0. The van der Waals surface area contributed by atoms with E-state index in [4.69, 9.17) is 0 Å². The van der Waals surface area contributed by atoms with Crippen LogP contribution in [0, 0.1) is 0 Å². The Labute approximate surface area is 146 Å². The van der Waals surface area contributed by atoms with Crippen LogP contribution in [0.25, 0.3) is 0 Å². The zero-order valence-electron chi connectivity index (χ0n) is 15.0. The molecule has 0 saturated heterocycles. The van der Waals surface area contributed by atoms with E-state index in [1.54, 1.807) is 0 Å². The summed E-state index contributed by atoms with van der Waals surface area (Å²) in [4.78, 5) is 14.3. The number of ketones is 1. The highest BCUT2D eigenvalue weighted by atomic mass is 16.1. The van der Waals surface area contributed by atoms with Crippen molar-refractivity contribution in [3.8, 4) is 0 Å². The predicted octanol–water partition coefficient (Wildman–Crippen LogP) is 5.32. The van der Waals surface area contributed by atoms with Gasteiger partial charge in [-0.2, -0.15) is 0 Å². The van der Waals surface area contributed by atoms with Crippen LogP contribution in [-0.4, -0.2) is 24.8 Å². The van der Waals surface area contributed by atoms with Crippen molar-refractivity contribution in [2.75, 3.05) is 14.1 Å². The summed E-state index contributed by atoms with van der Waals surface area (Å²) < 4.78 is 0. The molecule has 0 aromatic heterocycles. The molecule has 1 fully saturated rings. The molecule has 0 atom stereocenters. The van der Waals surface area contributed by atoms with Crippen LogP contribution >= 0.6 is 0 Å². The molecule has 2 heteroatoms. The molecule has 1 aliphatic carbocycles. The van der Waals surface area contributed by atoms with Gasteiger partial charge in [0.15, 0.2) is 5.78 Å². The summed E-state index contributed by atoms with van der Waals surface area (Å²) in [7, 11) is 4.06. The Hall–Kier alpha value is -1.93. The molecule has 128 valence electrons. The van der Waals surface area contributed by atoms with Crippen LogP contribution < -0.4 is 0 Å². The first-order chi connectivity index (χ1) is 11.7. The molecular formula is C22H29NO. The van der Waals surface area contributed by atoms with Gasteiger partial charge in [-0.15, -0.1) is 0 Å². The SMILES string of the molecule is C1CCCCC1.CN(C)Cc1ccc(C(=O)c2ccccc2)cc1. The van der Waals surface area contributed by atoms with E-state index in [9.17, 15) is 4.79 Å². The Morgan fingerprint density at radius 3 is 1.67 bits per heavy atom. The van der Waals surface area contributed by atoms with Gasteiger partial charge in [0.25, 0.3) is 0 Å². The molecule has 24 heavy (non-hydrogen) atoms. The van der Waals surface area contributed by atoms with Gasteiger partial charge < -0.3 is 4.90 Å². The van der Waals surface area contributed by atoms with Gasteiger partial charge in [-0.05, 0) is 19.7 Å². The zero-order valence-corrected chi connectivity index (χ0v) is 15.0. The molecule has 0 N–H and O–H groups in total. The zero-order chi connectivity index (χ0) is 17.2. The maximum absolute atomic E-state index is 12.2. The fourth-order valence-corrected chi connectivity index (χ4v) is 2.94. The Balaban J connectivity index is 0.000000292. The van der Waals surface area contributed by atoms with E-state index in [2.05, 4.69) is 4.90 Å². The summed E-state index contributed by atoms with van der Waals surface area (Å²) in [6, 6.07) is 17.2. The van der Waals surface area contributed by atoms with Crippen LogP contribution in [0.3, 0.4) is 0 Å². The van der Waals surface area contributed by atoms with Gasteiger partial charge in [0.1, 0.15) is 0 Å². The molecule has 0 heterocycles. The van der Waals surface area contributed by atoms with Gasteiger partial charge in [0, 0.05) is 17.7 Å². The quantitative estimate of drug-likeness (QED) is 0.710. The Bertz CT molecular complexity index is 586. The summed E-state index contributed by atoms with van der Waals surface area (Å²) >= 11 is 0. The lowest BCUT2D eigenvalue weighted by atomic mass is 10.0. The lowest BCUT2D eigenvalue weighted by Crippen LogP contribution is -2.10. The number of rotatable bonds is 4. The van der Waals surface area contributed by atoms with E-state index in [1.165, 1.54) is 44.1 Å². The molecule has 2 aromatic rings. The van der Waals surface area contributed by atoms with Crippen LogP contribution in [0.2, 0.25) is 0 Å². The van der Waals surface area contributed by atoms with Crippen molar-refractivity contribution in [2.24, 2.45) is 0 Å². The predicted molar refractivity (Wildman–Crippen MR) is 101 cm³/mol. The maximum atomic E-state index is 12.2. The summed E-state index contributed by atoms with van der Waals surface area (Å²) in [5.74, 6) is 0.0759. The number of carbonyl (C=O) groups excluding carboxylic acids is 1. The van der Waals surface area contributed by atoms with Crippen LogP contribution in [0.4, 0.5) is 0 Å². The summed E-state index contributed by atoms with van der Waals surface area (Å²) in [5, 5.41) is 0. The van der Waals surface area contributed by atoms with Crippen LogP contribution in [0.15, 0.2) is 54.6 Å². The van der Waals surface area contributed by atoms with Crippen LogP contribution in [-0.2, 0) is 6.54 Å². The molecule has 0 radical (unpaired) electrons. The average Bonchev–Trinajstić information content (AvgIpc) is 2.64. The Morgan fingerprint density at radius 1 is 0.750 bits per heavy atom. The molecule has 0 spiro atoms.